The van der Waals surface area contributed by atoms with Crippen molar-refractivity contribution in [2.45, 2.75) is 634 Å². The van der Waals surface area contributed by atoms with Crippen molar-refractivity contribution in [2.24, 2.45) is 71.0 Å². The smallest absolute Gasteiger partial charge is 0.253 e. The van der Waals surface area contributed by atoms with Gasteiger partial charge in [-0.2, -0.15) is 0 Å². The van der Waals surface area contributed by atoms with Crippen LogP contribution >= 0.6 is 0 Å². The van der Waals surface area contributed by atoms with Crippen LogP contribution in [0, 0.1) is 71.0 Å². The molecule has 14 unspecified atom stereocenters. The predicted octanol–water partition coefficient (Wildman–Crippen LogP) is 36.1. The summed E-state index contributed by atoms with van der Waals surface area (Å²) in [7, 11) is 0. The van der Waals surface area contributed by atoms with Crippen molar-refractivity contribution in [3.63, 3.8) is 0 Å². The van der Waals surface area contributed by atoms with Crippen LogP contribution in [-0.4, -0.2) is 134 Å². The number of allylic oxidation sites excluding steroid dienone is 1. The molecule has 9 amide bonds. The number of nitrogens with zero attached hydrogens (tertiary/aromatic N) is 6. The Morgan fingerprint density at radius 2 is 0.445 bits per heavy atom. The van der Waals surface area contributed by atoms with Gasteiger partial charge in [0.2, 0.25) is 23.6 Å². The molecular weight excluding hydrogens is 1800 g/mol. The zero-order valence-electron chi connectivity index (χ0n) is 97.5. The van der Waals surface area contributed by atoms with Crippen LogP contribution in [0.1, 0.15) is 621 Å². The maximum Gasteiger partial charge on any atom is 0.253 e. The third kappa shape index (κ3) is 51.9. The monoisotopic (exact) mass is 2040 g/mol. The molecular formula is C131H234N6O9. The van der Waals surface area contributed by atoms with Gasteiger partial charge in [-0.3, -0.25) is 57.9 Å². The molecule has 15 nitrogen and oxygen atoms in total. The third-order valence-electron chi connectivity index (χ3n) is 37.0. The quantitative estimate of drug-likeness (QED) is 0.0424. The first-order valence-electron chi connectivity index (χ1n) is 64.7. The molecule has 14 atom stereocenters. The number of carbonyl (C=O) groups is 9. The summed E-state index contributed by atoms with van der Waals surface area (Å²) in [6.07, 6.45) is 116. The van der Waals surface area contributed by atoms with E-state index in [1.165, 1.54) is 483 Å². The molecule has 842 valence electrons. The predicted molar refractivity (Wildman–Crippen MR) is 616 cm³/mol. The highest BCUT2D eigenvalue weighted by molar-refractivity contribution is 6.13. The molecule has 3 aliphatic carbocycles. The Bertz CT molecular complexity index is 3460. The molecule has 4 aliphatic heterocycles. The summed E-state index contributed by atoms with van der Waals surface area (Å²) in [5, 5.41) is 0. The highest BCUT2D eigenvalue weighted by Crippen LogP contribution is 2.51. The summed E-state index contributed by atoms with van der Waals surface area (Å²) in [6, 6.07) is -1.24. The molecule has 7 aliphatic rings. The highest BCUT2D eigenvalue weighted by Gasteiger charge is 2.46. The van der Waals surface area contributed by atoms with Crippen LogP contribution in [0.15, 0.2) is 36.6 Å². The molecule has 0 aromatic carbocycles. The van der Waals surface area contributed by atoms with Crippen LogP contribution in [-0.2, 0) is 43.2 Å². The molecule has 0 bridgehead atoms. The number of carbonyl (C=O) groups excluding carboxylic acids is 9. The molecule has 0 spiro atoms. The van der Waals surface area contributed by atoms with Gasteiger partial charge in [-0.25, -0.2) is 0 Å². The van der Waals surface area contributed by atoms with Crippen LogP contribution < -0.4 is 0 Å². The first kappa shape index (κ1) is 130. The summed E-state index contributed by atoms with van der Waals surface area (Å²) in [4.78, 5) is 125. The van der Waals surface area contributed by atoms with Crippen molar-refractivity contribution in [2.75, 3.05) is 39.3 Å². The van der Waals surface area contributed by atoms with Gasteiger partial charge in [0.25, 0.3) is 29.5 Å². The maximum atomic E-state index is 13.8. The molecule has 4 heterocycles. The van der Waals surface area contributed by atoms with Gasteiger partial charge in [-0.05, 0) is 186 Å². The Balaban J connectivity index is 0.000000463. The number of hydrogen-bond acceptors (Lipinski definition) is 9. The zero-order chi connectivity index (χ0) is 105. The molecule has 0 aromatic heterocycles. The molecule has 3 saturated carbocycles. The van der Waals surface area contributed by atoms with E-state index >= 15 is 0 Å². The van der Waals surface area contributed by atoms with Crippen LogP contribution in [0.25, 0.3) is 0 Å². The van der Waals surface area contributed by atoms with Crippen molar-refractivity contribution in [1.82, 2.24) is 29.4 Å². The van der Waals surface area contributed by atoms with Gasteiger partial charge in [0, 0.05) is 77.0 Å². The van der Waals surface area contributed by atoms with Crippen LogP contribution in [0.4, 0.5) is 0 Å². The third-order valence-corrected chi connectivity index (χ3v) is 37.0. The van der Waals surface area contributed by atoms with Gasteiger partial charge in [0.05, 0.1) is 12.8 Å². The first-order chi connectivity index (χ1) is 71.3. The Kier molecular flexibility index (Phi) is 73.4. The molecule has 0 N–H and O–H groups in total. The fourth-order valence-corrected chi connectivity index (χ4v) is 28.1. The fourth-order valence-electron chi connectivity index (χ4n) is 28.1. The topological polar surface area (TPSA) is 173 Å². The second-order valence-electron chi connectivity index (χ2n) is 48.5. The van der Waals surface area contributed by atoms with E-state index in [4.69, 9.17) is 0 Å². The number of rotatable bonds is 91. The summed E-state index contributed by atoms with van der Waals surface area (Å²) in [5.41, 5.74) is 0.840. The lowest BCUT2D eigenvalue weighted by Crippen LogP contribution is -2.45. The Hall–Kier alpha value is -4.95. The van der Waals surface area contributed by atoms with E-state index in [9.17, 15) is 43.2 Å². The standard InChI is InChI=1S/C75H135N3O5.C56H99N3O4/c1-7-11-15-19-28-39-49-68-64(45-35-17-13-9-3)53-52-62(5)67(68)48-38-30-22-25-32-42-58-76(63(6)79)71-61-74(82)78(75(71)83)60-44-34-26-23-31-41-51-70-66(47-37-27-21-24-33-43-59-77-72(80)56-57-73(77)81)55-54-65(46-36-18-14-10-4)69(70)50-40-29-20-16-12-8-2;1-6-9-12-15-19-26-33-44-58(48(5)60)53-46-55(62)59(56(53)63)45-34-27-21-18-24-31-38-52-50(36-29-22-17-20-25-32-43-57-47(4)39-42-54(57)61)41-40-49(35-28-14-11-8-3)51(52)37-30-23-16-13-10-7-2/h56-57,62,64-71H,7-55,58-61H2,1-6H3;39,42,49-53H,4,6-38,40-41,43-46H2,1-3,5H3. The van der Waals surface area contributed by atoms with E-state index in [1.807, 2.05) is 11.0 Å². The Labute approximate surface area is 900 Å². The second kappa shape index (κ2) is 82.6. The number of imide groups is 3. The minimum absolute atomic E-state index is 0.0794. The molecule has 146 heavy (non-hydrogen) atoms. The van der Waals surface area contributed by atoms with Crippen molar-refractivity contribution < 1.29 is 43.2 Å². The largest absolute Gasteiger partial charge is 0.330 e. The van der Waals surface area contributed by atoms with E-state index in [2.05, 4.69) is 62.0 Å². The lowest BCUT2D eigenvalue weighted by atomic mass is 9.61. The highest BCUT2D eigenvalue weighted by atomic mass is 16.2. The van der Waals surface area contributed by atoms with Crippen molar-refractivity contribution in [1.29, 1.82) is 0 Å². The normalized spacial score (nSPS) is 22.8. The molecule has 2 saturated heterocycles. The summed E-state index contributed by atoms with van der Waals surface area (Å²) >= 11 is 0. The molecule has 5 fully saturated rings. The lowest BCUT2D eigenvalue weighted by Gasteiger charge is -2.44. The average Bonchev–Trinajstić information content (AvgIpc) is 1.60. The lowest BCUT2D eigenvalue weighted by molar-refractivity contribution is -0.144. The number of hydrogen-bond donors (Lipinski definition) is 0. The van der Waals surface area contributed by atoms with Gasteiger partial charge in [-0.1, -0.05) is 492 Å². The van der Waals surface area contributed by atoms with Gasteiger partial charge < -0.3 is 14.7 Å². The van der Waals surface area contributed by atoms with Crippen LogP contribution in [0.2, 0.25) is 0 Å². The van der Waals surface area contributed by atoms with Gasteiger partial charge in [0.1, 0.15) is 12.1 Å². The second-order valence-corrected chi connectivity index (χ2v) is 48.5. The van der Waals surface area contributed by atoms with Gasteiger partial charge in [0.15, 0.2) is 0 Å². The first-order valence-corrected chi connectivity index (χ1v) is 64.7. The average molecular weight is 2040 g/mol. The summed E-state index contributed by atoms with van der Waals surface area (Å²) < 4.78 is 0. The van der Waals surface area contributed by atoms with E-state index in [-0.39, 0.29) is 66.0 Å². The van der Waals surface area contributed by atoms with E-state index in [0.717, 1.165) is 167 Å². The molecule has 15 heteroatoms. The molecule has 0 aromatic rings. The Morgan fingerprint density at radius 3 is 0.705 bits per heavy atom. The minimum atomic E-state index is -0.627. The van der Waals surface area contributed by atoms with Crippen LogP contribution in [0.5, 0.6) is 0 Å². The Morgan fingerprint density at radius 1 is 0.247 bits per heavy atom. The molecule has 0 radical (unpaired) electrons. The molecule has 7 rings (SSSR count). The summed E-state index contributed by atoms with van der Waals surface area (Å²) in [5.74, 6) is 9.83. The van der Waals surface area contributed by atoms with Gasteiger partial charge >= 0.3 is 0 Å². The fraction of sp³-hybridized carbons (Fsp3) is 0.885. The number of amides is 9. The minimum Gasteiger partial charge on any atom is -0.330 e. The SMILES string of the molecule is C=C1C=CC(=O)N1CCCCCCCCC1CCC(CCCCCC)C(CCCCCCCC)C1CCCCCCCCN1C(=O)CC(N(CCCCCCCCC)C(C)=O)C1=O.CCCCCCCCC1C(CCCCCC)CCC(C)C1CCCCCCCCN(C(C)=O)C1CC(=O)N(CCCCCCCCC2C(CCCCCCCCN3C(=O)C=CC3=O)CCC(CCCCCC)C2CCCCCCCC)C1=O. The number of unbranched alkanes of at least 4 members (excludes halogenated alkanes) is 55. The zero-order valence-corrected chi connectivity index (χ0v) is 97.5. The van der Waals surface area contributed by atoms with Crippen molar-refractivity contribution in [3.05, 3.63) is 36.6 Å². The van der Waals surface area contributed by atoms with Crippen molar-refractivity contribution in [3.8, 4) is 0 Å². The van der Waals surface area contributed by atoms with Gasteiger partial charge in [-0.15, -0.1) is 0 Å². The maximum absolute atomic E-state index is 13.8. The van der Waals surface area contributed by atoms with E-state index in [0.29, 0.717) is 32.7 Å². The van der Waals surface area contributed by atoms with Crippen LogP contribution in [0.3, 0.4) is 0 Å². The van der Waals surface area contributed by atoms with E-state index < -0.39 is 12.1 Å². The summed E-state index contributed by atoms with van der Waals surface area (Å²) in [6.45, 7) is 29.4. The van der Waals surface area contributed by atoms with E-state index in [1.54, 1.807) is 29.7 Å². The van der Waals surface area contributed by atoms with Crippen molar-refractivity contribution >= 4 is 53.2 Å². The number of likely N-dealkylation sites (tertiary alicyclic amines) is 2.